The Labute approximate surface area is 124 Å². The molecule has 0 aromatic carbocycles. The Kier molecular flexibility index (Phi) is 7.97. The van der Waals surface area contributed by atoms with Crippen molar-refractivity contribution < 1.29 is 39.3 Å². The molecule has 0 saturated carbocycles. The summed E-state index contributed by atoms with van der Waals surface area (Å²) in [7, 11) is 0. The molecule has 0 aromatic heterocycles. The minimum absolute atomic E-state index is 0.259. The van der Waals surface area contributed by atoms with E-state index in [2.05, 4.69) is 0 Å². The van der Waals surface area contributed by atoms with E-state index < -0.39 is 48.4 Å². The van der Waals surface area contributed by atoms with Crippen molar-refractivity contribution in [1.29, 1.82) is 0 Å². The first-order chi connectivity index (χ1) is 10.1. The number of primary amides is 1. The van der Waals surface area contributed by atoms with Crippen LogP contribution in [-0.4, -0.2) is 57.2 Å². The van der Waals surface area contributed by atoms with Gasteiger partial charge in [-0.1, -0.05) is 0 Å². The fourth-order valence-electron chi connectivity index (χ4n) is 1.43. The topological polar surface area (TPSA) is 196 Å². The van der Waals surface area contributed by atoms with Crippen LogP contribution >= 0.6 is 0 Å². The maximum absolute atomic E-state index is 11.5. The number of nitrogens with two attached hydrogens (primary N) is 1. The second kappa shape index (κ2) is 9.15. The van der Waals surface area contributed by atoms with Crippen molar-refractivity contribution in [3.8, 4) is 0 Å². The van der Waals surface area contributed by atoms with Gasteiger partial charge in [-0.05, 0) is 12.8 Å². The molecule has 0 unspecified atom stereocenters. The molecule has 11 heteroatoms. The van der Waals surface area contributed by atoms with E-state index in [4.69, 9.17) is 21.1 Å². The molecule has 0 saturated heterocycles. The number of carboxylic acid groups (broad SMARTS) is 3. The van der Waals surface area contributed by atoms with E-state index in [1.54, 1.807) is 0 Å². The van der Waals surface area contributed by atoms with Gasteiger partial charge in [0.25, 0.3) is 0 Å². The summed E-state index contributed by atoms with van der Waals surface area (Å²) in [6, 6.07) is -4.02. The van der Waals surface area contributed by atoms with Gasteiger partial charge in [-0.25, -0.2) is 14.4 Å². The summed E-state index contributed by atoms with van der Waals surface area (Å²) in [5.41, 5.74) is 4.87. The van der Waals surface area contributed by atoms with Crippen molar-refractivity contribution in [2.75, 3.05) is 0 Å². The van der Waals surface area contributed by atoms with Crippen molar-refractivity contribution in [3.63, 3.8) is 0 Å². The highest BCUT2D eigenvalue weighted by Gasteiger charge is 2.25. The Morgan fingerprint density at radius 3 is 1.55 bits per heavy atom. The lowest BCUT2D eigenvalue weighted by molar-refractivity contribution is -0.141. The highest BCUT2D eigenvalue weighted by molar-refractivity contribution is 5.86. The van der Waals surface area contributed by atoms with Gasteiger partial charge in [0.15, 0.2) is 0 Å². The van der Waals surface area contributed by atoms with Crippen molar-refractivity contribution in [2.24, 2.45) is 5.73 Å². The molecule has 2 atom stereocenters. The fourth-order valence-corrected chi connectivity index (χ4v) is 1.43. The van der Waals surface area contributed by atoms with Crippen LogP contribution in [0.25, 0.3) is 0 Å². The van der Waals surface area contributed by atoms with E-state index in [1.807, 2.05) is 10.6 Å². The summed E-state index contributed by atoms with van der Waals surface area (Å²) >= 11 is 0. The van der Waals surface area contributed by atoms with Gasteiger partial charge in [-0.15, -0.1) is 0 Å². The predicted octanol–water partition coefficient (Wildman–Crippen LogP) is -1.68. The Balaban J connectivity index is 4.57. The molecule has 0 spiro atoms. The normalized spacial score (nSPS) is 12.7. The number of aliphatic carboxylic acids is 3. The molecular weight excluding hydrogens is 302 g/mol. The number of urea groups is 1. The molecule has 3 amide bonds. The summed E-state index contributed by atoms with van der Waals surface area (Å²) < 4.78 is 0. The predicted molar refractivity (Wildman–Crippen MR) is 69.8 cm³/mol. The van der Waals surface area contributed by atoms with Crippen LogP contribution in [0.2, 0.25) is 0 Å². The van der Waals surface area contributed by atoms with Crippen LogP contribution in [-0.2, 0) is 19.2 Å². The van der Waals surface area contributed by atoms with Crippen LogP contribution in [0.15, 0.2) is 0 Å². The molecular formula is C11H17N3O8. The van der Waals surface area contributed by atoms with E-state index in [0.717, 1.165) is 0 Å². The van der Waals surface area contributed by atoms with Gasteiger partial charge in [0.05, 0.1) is 0 Å². The second-order valence-corrected chi connectivity index (χ2v) is 4.34. The lowest BCUT2D eigenvalue weighted by Crippen LogP contribution is -2.51. The van der Waals surface area contributed by atoms with Crippen molar-refractivity contribution in [2.45, 2.75) is 37.8 Å². The van der Waals surface area contributed by atoms with Crippen LogP contribution in [0.1, 0.15) is 25.7 Å². The fraction of sp³-hybridized carbons (Fsp3) is 0.545. The number of hydrogen-bond donors (Lipinski definition) is 6. The molecule has 0 aliphatic heterocycles. The van der Waals surface area contributed by atoms with Crippen LogP contribution in [0, 0.1) is 0 Å². The zero-order valence-electron chi connectivity index (χ0n) is 11.4. The molecule has 0 aliphatic rings. The summed E-state index contributed by atoms with van der Waals surface area (Å²) in [4.78, 5) is 54.3. The molecule has 124 valence electrons. The van der Waals surface area contributed by atoms with Gasteiger partial charge in [0.2, 0.25) is 5.91 Å². The zero-order valence-corrected chi connectivity index (χ0v) is 11.4. The van der Waals surface area contributed by atoms with Gasteiger partial charge in [-0.3, -0.25) is 9.59 Å². The first-order valence-electron chi connectivity index (χ1n) is 6.16. The minimum atomic E-state index is -1.48. The summed E-state index contributed by atoms with van der Waals surface area (Å²) in [5.74, 6) is -4.87. The van der Waals surface area contributed by atoms with Crippen molar-refractivity contribution in [3.05, 3.63) is 0 Å². The standard InChI is InChI=1S/C11H17N3O8/c12-7(15)3-1-5(9(18)19)13-11(22)14-6(10(20)21)2-4-8(16)17/h5-6H,1-4H2,(H2,12,15)(H,16,17)(H,18,19)(H,20,21)(H2,13,14,22)/t5-,6-/m0/s1. The van der Waals surface area contributed by atoms with Gasteiger partial charge >= 0.3 is 23.9 Å². The molecule has 0 bridgehead atoms. The average molecular weight is 319 g/mol. The Morgan fingerprint density at radius 1 is 0.818 bits per heavy atom. The third-order valence-electron chi connectivity index (χ3n) is 2.53. The van der Waals surface area contributed by atoms with Gasteiger partial charge < -0.3 is 31.7 Å². The maximum atomic E-state index is 11.5. The van der Waals surface area contributed by atoms with Gasteiger partial charge in [0, 0.05) is 12.8 Å². The van der Waals surface area contributed by atoms with E-state index in [-0.39, 0.29) is 19.3 Å². The van der Waals surface area contributed by atoms with E-state index in [1.165, 1.54) is 0 Å². The number of amides is 3. The number of carbonyl (C=O) groups excluding carboxylic acids is 2. The van der Waals surface area contributed by atoms with E-state index in [0.29, 0.717) is 0 Å². The van der Waals surface area contributed by atoms with E-state index in [9.17, 15) is 24.0 Å². The van der Waals surface area contributed by atoms with E-state index >= 15 is 0 Å². The Bertz CT molecular complexity index is 424. The van der Waals surface area contributed by atoms with Crippen LogP contribution in [0.3, 0.4) is 0 Å². The van der Waals surface area contributed by atoms with Crippen LogP contribution in [0.4, 0.5) is 4.79 Å². The Hall–Kier alpha value is -2.85. The number of carbonyl (C=O) groups is 5. The molecule has 7 N–H and O–H groups in total. The molecule has 0 aliphatic carbocycles. The molecule has 0 aromatic rings. The van der Waals surface area contributed by atoms with Crippen LogP contribution < -0.4 is 16.4 Å². The molecule has 0 fully saturated rings. The monoisotopic (exact) mass is 319 g/mol. The third-order valence-corrected chi connectivity index (χ3v) is 2.53. The first kappa shape index (κ1) is 19.1. The first-order valence-corrected chi connectivity index (χ1v) is 6.16. The molecule has 22 heavy (non-hydrogen) atoms. The smallest absolute Gasteiger partial charge is 0.326 e. The Morgan fingerprint density at radius 2 is 1.23 bits per heavy atom. The van der Waals surface area contributed by atoms with Crippen molar-refractivity contribution >= 4 is 29.8 Å². The van der Waals surface area contributed by atoms with Gasteiger partial charge in [-0.2, -0.15) is 0 Å². The lowest BCUT2D eigenvalue weighted by atomic mass is 10.1. The highest BCUT2D eigenvalue weighted by atomic mass is 16.4. The molecule has 11 nitrogen and oxygen atoms in total. The zero-order chi connectivity index (χ0) is 17.3. The lowest BCUT2D eigenvalue weighted by Gasteiger charge is -2.17. The van der Waals surface area contributed by atoms with Crippen molar-refractivity contribution in [1.82, 2.24) is 10.6 Å². The molecule has 0 radical (unpaired) electrons. The van der Waals surface area contributed by atoms with Crippen LogP contribution in [0.5, 0.6) is 0 Å². The summed E-state index contributed by atoms with van der Waals surface area (Å²) in [6.07, 6.45) is -1.39. The summed E-state index contributed by atoms with van der Waals surface area (Å²) in [6.45, 7) is 0. The number of nitrogens with one attached hydrogen (secondary N) is 2. The highest BCUT2D eigenvalue weighted by Crippen LogP contribution is 2.00. The average Bonchev–Trinajstić information content (AvgIpc) is 2.38. The molecule has 0 rings (SSSR count). The minimum Gasteiger partial charge on any atom is -0.481 e. The maximum Gasteiger partial charge on any atom is 0.326 e. The SMILES string of the molecule is NC(=O)CC[C@H](NC(=O)N[C@@H](CCC(=O)O)C(=O)O)C(=O)O. The third kappa shape index (κ3) is 8.35. The quantitative estimate of drug-likeness (QED) is 0.274. The van der Waals surface area contributed by atoms with Gasteiger partial charge in [0.1, 0.15) is 12.1 Å². The summed E-state index contributed by atoms with van der Waals surface area (Å²) in [5, 5.41) is 30.1. The second-order valence-electron chi connectivity index (χ2n) is 4.34. The number of rotatable bonds is 10. The molecule has 0 heterocycles. The number of carboxylic acids is 3. The number of hydrogen-bond acceptors (Lipinski definition) is 5. The largest absolute Gasteiger partial charge is 0.481 e.